The lowest BCUT2D eigenvalue weighted by atomic mass is 10.1. The third kappa shape index (κ3) is 4.56. The Morgan fingerprint density at radius 3 is 1.95 bits per heavy atom. The van der Waals surface area contributed by atoms with Crippen molar-refractivity contribution in [3.8, 4) is 0 Å². The number of amides is 1. The number of benzene rings is 2. The molecule has 112 valence electrons. The molecule has 5 nitrogen and oxygen atoms in total. The van der Waals surface area contributed by atoms with Crippen LogP contribution in [0.25, 0.3) is 0 Å². The number of hydrogen-bond acceptors (Lipinski definition) is 3. The van der Waals surface area contributed by atoms with Crippen LogP contribution in [0.4, 0.5) is 0 Å². The number of carboxylic acids is 1. The zero-order valence-electron chi connectivity index (χ0n) is 11.9. The van der Waals surface area contributed by atoms with E-state index in [1.165, 1.54) is 0 Å². The van der Waals surface area contributed by atoms with E-state index in [9.17, 15) is 9.59 Å². The largest absolute Gasteiger partial charge is 0.481 e. The average molecular weight is 296 g/mol. The molecule has 0 heterocycles. The highest BCUT2D eigenvalue weighted by molar-refractivity contribution is 6.03. The first-order valence-electron chi connectivity index (χ1n) is 6.86. The van der Waals surface area contributed by atoms with Crippen molar-refractivity contribution in [1.82, 2.24) is 5.43 Å². The Morgan fingerprint density at radius 2 is 1.41 bits per heavy atom. The number of nitrogens with one attached hydrogen (secondary N) is 1. The minimum Gasteiger partial charge on any atom is -0.481 e. The van der Waals surface area contributed by atoms with Crippen molar-refractivity contribution in [2.75, 3.05) is 0 Å². The fraction of sp³-hybridized carbons (Fsp3) is 0.118. The summed E-state index contributed by atoms with van der Waals surface area (Å²) >= 11 is 0. The van der Waals surface area contributed by atoms with Crippen molar-refractivity contribution in [3.05, 3.63) is 71.8 Å². The Morgan fingerprint density at radius 1 is 0.864 bits per heavy atom. The summed E-state index contributed by atoms with van der Waals surface area (Å²) in [5.41, 5.74) is 4.30. The van der Waals surface area contributed by atoms with Crippen molar-refractivity contribution in [1.29, 1.82) is 0 Å². The Kier molecular flexibility index (Phi) is 5.43. The number of hydrazone groups is 1. The van der Waals surface area contributed by atoms with Gasteiger partial charge in [0.05, 0.1) is 12.1 Å². The number of carbonyl (C=O) groups is 2. The monoisotopic (exact) mass is 296 g/mol. The highest BCUT2D eigenvalue weighted by Gasteiger charge is 2.08. The quantitative estimate of drug-likeness (QED) is 0.635. The fourth-order valence-electron chi connectivity index (χ4n) is 1.89. The van der Waals surface area contributed by atoms with E-state index in [4.69, 9.17) is 5.11 Å². The predicted molar refractivity (Wildman–Crippen MR) is 83.8 cm³/mol. The molecule has 0 saturated heterocycles. The van der Waals surface area contributed by atoms with E-state index >= 15 is 0 Å². The lowest BCUT2D eigenvalue weighted by molar-refractivity contribution is -0.136. The van der Waals surface area contributed by atoms with Gasteiger partial charge < -0.3 is 5.11 Å². The standard InChI is InChI=1S/C17H16N2O3/c20-16(21)12-11-15(13-7-3-1-4-8-13)18-19-17(22)14-9-5-2-6-10-14/h1-10H,11-12H2,(H,19,22)(H,20,21). The molecule has 0 aliphatic rings. The van der Waals surface area contributed by atoms with Gasteiger partial charge in [-0.15, -0.1) is 0 Å². The molecule has 2 aromatic carbocycles. The zero-order valence-corrected chi connectivity index (χ0v) is 11.9. The van der Waals surface area contributed by atoms with E-state index in [2.05, 4.69) is 10.5 Å². The first-order valence-corrected chi connectivity index (χ1v) is 6.86. The molecule has 22 heavy (non-hydrogen) atoms. The maximum atomic E-state index is 12.0. The highest BCUT2D eigenvalue weighted by atomic mass is 16.4. The van der Waals surface area contributed by atoms with Crippen LogP contribution in [0.5, 0.6) is 0 Å². The molecule has 5 heteroatoms. The van der Waals surface area contributed by atoms with Crippen molar-refractivity contribution in [3.63, 3.8) is 0 Å². The molecular weight excluding hydrogens is 280 g/mol. The van der Waals surface area contributed by atoms with Crippen LogP contribution in [-0.2, 0) is 4.79 Å². The molecule has 1 amide bonds. The molecule has 0 saturated carbocycles. The van der Waals surface area contributed by atoms with Gasteiger partial charge in [-0.2, -0.15) is 5.10 Å². The summed E-state index contributed by atoms with van der Waals surface area (Å²) in [4.78, 5) is 22.7. The normalized spacial score (nSPS) is 11.0. The summed E-state index contributed by atoms with van der Waals surface area (Å²) in [5, 5.41) is 12.9. The van der Waals surface area contributed by atoms with Crippen LogP contribution in [0.2, 0.25) is 0 Å². The molecule has 0 atom stereocenters. The van der Waals surface area contributed by atoms with Gasteiger partial charge in [-0.25, -0.2) is 5.43 Å². The van der Waals surface area contributed by atoms with Crippen LogP contribution in [0.1, 0.15) is 28.8 Å². The molecule has 0 aliphatic heterocycles. The molecule has 0 aromatic heterocycles. The summed E-state index contributed by atoms with van der Waals surface area (Å²) in [6.45, 7) is 0. The molecule has 0 radical (unpaired) electrons. The number of rotatable bonds is 6. The van der Waals surface area contributed by atoms with E-state index in [1.54, 1.807) is 24.3 Å². The summed E-state index contributed by atoms with van der Waals surface area (Å²) in [7, 11) is 0. The Labute approximate surface area is 128 Å². The van der Waals surface area contributed by atoms with Crippen molar-refractivity contribution < 1.29 is 14.7 Å². The molecular formula is C17H16N2O3. The van der Waals surface area contributed by atoms with E-state index < -0.39 is 5.97 Å². The van der Waals surface area contributed by atoms with Crippen LogP contribution in [-0.4, -0.2) is 22.7 Å². The van der Waals surface area contributed by atoms with Gasteiger partial charge in [-0.1, -0.05) is 48.5 Å². The van der Waals surface area contributed by atoms with Crippen LogP contribution in [0.3, 0.4) is 0 Å². The first kappa shape index (κ1) is 15.4. The van der Waals surface area contributed by atoms with Gasteiger partial charge in [0, 0.05) is 12.0 Å². The SMILES string of the molecule is O=C(O)CCC(=NNC(=O)c1ccccc1)c1ccccc1. The predicted octanol–water partition coefficient (Wildman–Crippen LogP) is 2.69. The van der Waals surface area contributed by atoms with Crippen molar-refractivity contribution >= 4 is 17.6 Å². The molecule has 0 spiro atoms. The second kappa shape index (κ2) is 7.73. The number of carboxylic acid groups (broad SMARTS) is 1. The van der Waals surface area contributed by atoms with Gasteiger partial charge in [-0.3, -0.25) is 9.59 Å². The summed E-state index contributed by atoms with van der Waals surface area (Å²) in [6.07, 6.45) is 0.198. The second-order valence-corrected chi connectivity index (χ2v) is 4.63. The van der Waals surface area contributed by atoms with Gasteiger partial charge in [-0.05, 0) is 17.7 Å². The molecule has 0 fully saturated rings. The maximum absolute atomic E-state index is 12.0. The summed E-state index contributed by atoms with van der Waals surface area (Å²) in [6, 6.07) is 17.9. The maximum Gasteiger partial charge on any atom is 0.303 e. The highest BCUT2D eigenvalue weighted by Crippen LogP contribution is 2.07. The van der Waals surface area contributed by atoms with E-state index in [0.29, 0.717) is 11.3 Å². The molecule has 0 unspecified atom stereocenters. The Balaban J connectivity index is 2.14. The van der Waals surface area contributed by atoms with Gasteiger partial charge in [0.2, 0.25) is 0 Å². The van der Waals surface area contributed by atoms with Gasteiger partial charge in [0.1, 0.15) is 0 Å². The number of aliphatic carboxylic acids is 1. The van der Waals surface area contributed by atoms with Crippen LogP contribution in [0, 0.1) is 0 Å². The summed E-state index contributed by atoms with van der Waals surface area (Å²) < 4.78 is 0. The van der Waals surface area contributed by atoms with Crippen LogP contribution >= 0.6 is 0 Å². The Bertz CT molecular complexity index is 667. The number of nitrogens with zero attached hydrogens (tertiary/aromatic N) is 1. The average Bonchev–Trinajstić information content (AvgIpc) is 2.56. The van der Waals surface area contributed by atoms with Gasteiger partial charge in [0.15, 0.2) is 0 Å². The summed E-state index contributed by atoms with van der Waals surface area (Å²) in [5.74, 6) is -1.23. The van der Waals surface area contributed by atoms with E-state index in [0.717, 1.165) is 5.56 Å². The molecule has 2 aromatic rings. The topological polar surface area (TPSA) is 78.8 Å². The van der Waals surface area contributed by atoms with E-state index in [1.807, 2.05) is 36.4 Å². The van der Waals surface area contributed by atoms with Gasteiger partial charge >= 0.3 is 5.97 Å². The third-order valence-corrected chi connectivity index (χ3v) is 3.01. The van der Waals surface area contributed by atoms with Crippen molar-refractivity contribution in [2.45, 2.75) is 12.8 Å². The zero-order chi connectivity index (χ0) is 15.8. The van der Waals surface area contributed by atoms with E-state index in [-0.39, 0.29) is 18.7 Å². The molecule has 0 bridgehead atoms. The minimum atomic E-state index is -0.905. The second-order valence-electron chi connectivity index (χ2n) is 4.63. The smallest absolute Gasteiger partial charge is 0.303 e. The fourth-order valence-corrected chi connectivity index (χ4v) is 1.89. The molecule has 2 N–H and O–H groups in total. The Hall–Kier alpha value is -2.95. The molecule has 0 aliphatic carbocycles. The first-order chi connectivity index (χ1) is 10.7. The number of carbonyl (C=O) groups excluding carboxylic acids is 1. The lowest BCUT2D eigenvalue weighted by Gasteiger charge is -2.06. The number of hydrogen-bond donors (Lipinski definition) is 2. The minimum absolute atomic E-state index is 0.0467. The van der Waals surface area contributed by atoms with Crippen LogP contribution in [0.15, 0.2) is 65.8 Å². The van der Waals surface area contributed by atoms with Crippen LogP contribution < -0.4 is 5.43 Å². The van der Waals surface area contributed by atoms with Crippen molar-refractivity contribution in [2.24, 2.45) is 5.10 Å². The lowest BCUT2D eigenvalue weighted by Crippen LogP contribution is -2.20. The molecule has 2 rings (SSSR count). The van der Waals surface area contributed by atoms with Gasteiger partial charge in [0.25, 0.3) is 5.91 Å². The third-order valence-electron chi connectivity index (χ3n) is 3.01.